The SMILES string of the molecule is COc1ccc(CCNC(=O)Nc2ccsc2-c2nc(C)no2)cc1. The van der Waals surface area contributed by atoms with Crippen molar-refractivity contribution in [3.63, 3.8) is 0 Å². The van der Waals surface area contributed by atoms with Crippen LogP contribution >= 0.6 is 11.3 Å². The van der Waals surface area contributed by atoms with E-state index in [0.717, 1.165) is 22.6 Å². The summed E-state index contributed by atoms with van der Waals surface area (Å²) < 4.78 is 10.3. The van der Waals surface area contributed by atoms with E-state index in [0.29, 0.717) is 23.9 Å². The number of urea groups is 1. The summed E-state index contributed by atoms with van der Waals surface area (Å²) >= 11 is 1.43. The van der Waals surface area contributed by atoms with Gasteiger partial charge in [0.2, 0.25) is 0 Å². The molecule has 3 rings (SSSR count). The molecule has 0 saturated carbocycles. The van der Waals surface area contributed by atoms with E-state index in [1.165, 1.54) is 11.3 Å². The van der Waals surface area contributed by atoms with Gasteiger partial charge in [0.25, 0.3) is 5.89 Å². The van der Waals surface area contributed by atoms with E-state index in [2.05, 4.69) is 20.8 Å². The van der Waals surface area contributed by atoms with Gasteiger partial charge in [0.1, 0.15) is 10.6 Å². The Morgan fingerprint density at radius 1 is 1.28 bits per heavy atom. The average molecular weight is 358 g/mol. The van der Waals surface area contributed by atoms with Gasteiger partial charge >= 0.3 is 6.03 Å². The van der Waals surface area contributed by atoms with Crippen LogP contribution in [-0.2, 0) is 6.42 Å². The molecule has 0 aliphatic heterocycles. The zero-order valence-corrected chi connectivity index (χ0v) is 14.7. The van der Waals surface area contributed by atoms with Gasteiger partial charge in [-0.15, -0.1) is 11.3 Å². The van der Waals surface area contributed by atoms with Crippen molar-refractivity contribution < 1.29 is 14.1 Å². The van der Waals surface area contributed by atoms with E-state index in [1.807, 2.05) is 35.7 Å². The van der Waals surface area contributed by atoms with Crippen LogP contribution in [0.15, 0.2) is 40.2 Å². The smallest absolute Gasteiger partial charge is 0.319 e. The van der Waals surface area contributed by atoms with E-state index in [-0.39, 0.29) is 6.03 Å². The van der Waals surface area contributed by atoms with E-state index in [9.17, 15) is 4.79 Å². The van der Waals surface area contributed by atoms with Gasteiger partial charge in [-0.05, 0) is 42.5 Å². The van der Waals surface area contributed by atoms with Crippen molar-refractivity contribution >= 4 is 23.1 Å². The third-order valence-electron chi connectivity index (χ3n) is 3.49. The number of benzene rings is 1. The van der Waals surface area contributed by atoms with Crippen molar-refractivity contribution in [2.24, 2.45) is 0 Å². The van der Waals surface area contributed by atoms with Crippen LogP contribution in [0.2, 0.25) is 0 Å². The zero-order chi connectivity index (χ0) is 17.6. The molecule has 3 aromatic rings. The first-order chi connectivity index (χ1) is 12.2. The Bertz CT molecular complexity index is 842. The monoisotopic (exact) mass is 358 g/mol. The second-order valence-corrected chi connectivity index (χ2v) is 6.21. The van der Waals surface area contributed by atoms with Crippen LogP contribution in [-0.4, -0.2) is 29.8 Å². The molecule has 2 N–H and O–H groups in total. The minimum Gasteiger partial charge on any atom is -0.497 e. The maximum Gasteiger partial charge on any atom is 0.319 e. The number of aryl methyl sites for hydroxylation is 1. The summed E-state index contributed by atoms with van der Waals surface area (Å²) in [7, 11) is 1.63. The predicted molar refractivity (Wildman–Crippen MR) is 96.1 cm³/mol. The first kappa shape index (κ1) is 17.0. The molecule has 0 fully saturated rings. The van der Waals surface area contributed by atoms with Crippen LogP contribution in [0.25, 0.3) is 10.8 Å². The molecule has 0 unspecified atom stereocenters. The lowest BCUT2D eigenvalue weighted by Crippen LogP contribution is -2.30. The van der Waals surface area contributed by atoms with Crippen LogP contribution < -0.4 is 15.4 Å². The fraction of sp³-hybridized carbons (Fsp3) is 0.235. The first-order valence-corrected chi connectivity index (χ1v) is 8.59. The normalized spacial score (nSPS) is 10.5. The van der Waals surface area contributed by atoms with Crippen molar-refractivity contribution in [1.82, 2.24) is 15.5 Å². The summed E-state index contributed by atoms with van der Waals surface area (Å²) in [5.41, 5.74) is 1.77. The fourth-order valence-corrected chi connectivity index (χ4v) is 3.01. The molecule has 0 aliphatic carbocycles. The van der Waals surface area contributed by atoms with Gasteiger partial charge in [-0.1, -0.05) is 17.3 Å². The summed E-state index contributed by atoms with van der Waals surface area (Å²) in [6.45, 7) is 2.27. The number of hydrogen-bond acceptors (Lipinski definition) is 6. The number of ether oxygens (including phenoxy) is 1. The Morgan fingerprint density at radius 3 is 2.76 bits per heavy atom. The molecule has 7 nitrogen and oxygen atoms in total. The predicted octanol–water partition coefficient (Wildman–Crippen LogP) is 3.48. The van der Waals surface area contributed by atoms with Crippen LogP contribution in [0, 0.1) is 6.92 Å². The number of amides is 2. The Morgan fingerprint density at radius 2 is 2.08 bits per heavy atom. The van der Waals surface area contributed by atoms with Gasteiger partial charge < -0.3 is 19.9 Å². The number of nitrogens with one attached hydrogen (secondary N) is 2. The van der Waals surface area contributed by atoms with E-state index in [4.69, 9.17) is 9.26 Å². The molecule has 0 bridgehead atoms. The van der Waals surface area contributed by atoms with Crippen molar-refractivity contribution in [1.29, 1.82) is 0 Å². The average Bonchev–Trinajstić information content (AvgIpc) is 3.24. The summed E-state index contributed by atoms with van der Waals surface area (Å²) in [6.07, 6.45) is 0.733. The quantitative estimate of drug-likeness (QED) is 0.704. The lowest BCUT2D eigenvalue weighted by atomic mass is 10.1. The van der Waals surface area contributed by atoms with Crippen molar-refractivity contribution in [2.75, 3.05) is 19.0 Å². The standard InChI is InChI=1S/C17H18N4O3S/c1-11-19-16(24-21-11)15-14(8-10-25-15)20-17(22)18-9-7-12-3-5-13(23-2)6-4-12/h3-6,8,10H,7,9H2,1-2H3,(H2,18,20,22). The Labute approximate surface area is 149 Å². The van der Waals surface area contributed by atoms with Gasteiger partial charge in [0.05, 0.1) is 12.8 Å². The minimum absolute atomic E-state index is 0.274. The van der Waals surface area contributed by atoms with Gasteiger partial charge in [0.15, 0.2) is 5.82 Å². The molecule has 0 atom stereocenters. The molecular formula is C17H18N4O3S. The molecule has 2 amide bonds. The lowest BCUT2D eigenvalue weighted by molar-refractivity contribution is 0.252. The van der Waals surface area contributed by atoms with Gasteiger partial charge in [0, 0.05) is 6.54 Å². The van der Waals surface area contributed by atoms with Crippen molar-refractivity contribution in [3.8, 4) is 16.5 Å². The number of aromatic nitrogens is 2. The second-order valence-electron chi connectivity index (χ2n) is 5.29. The summed E-state index contributed by atoms with van der Waals surface area (Å²) in [6, 6.07) is 9.30. The highest BCUT2D eigenvalue weighted by atomic mass is 32.1. The molecule has 0 saturated heterocycles. The molecule has 8 heteroatoms. The molecule has 0 spiro atoms. The lowest BCUT2D eigenvalue weighted by Gasteiger charge is -2.08. The van der Waals surface area contributed by atoms with Crippen LogP contribution in [0.5, 0.6) is 5.75 Å². The zero-order valence-electron chi connectivity index (χ0n) is 13.9. The summed E-state index contributed by atoms with van der Waals surface area (Å²) in [5, 5.41) is 11.3. The number of hydrogen-bond donors (Lipinski definition) is 2. The van der Waals surface area contributed by atoms with Crippen molar-refractivity contribution in [3.05, 3.63) is 47.1 Å². The maximum absolute atomic E-state index is 12.1. The molecule has 130 valence electrons. The molecule has 2 heterocycles. The third-order valence-corrected chi connectivity index (χ3v) is 4.40. The number of nitrogens with zero attached hydrogens (tertiary/aromatic N) is 2. The van der Waals surface area contributed by atoms with Crippen LogP contribution in [0.3, 0.4) is 0 Å². The van der Waals surface area contributed by atoms with Crippen LogP contribution in [0.4, 0.5) is 10.5 Å². The molecule has 0 aliphatic rings. The first-order valence-electron chi connectivity index (χ1n) is 7.71. The van der Waals surface area contributed by atoms with E-state index >= 15 is 0 Å². The second kappa shape index (κ2) is 7.80. The number of carbonyl (C=O) groups excluding carboxylic acids is 1. The topological polar surface area (TPSA) is 89.3 Å². The number of carbonyl (C=O) groups is 1. The maximum atomic E-state index is 12.1. The molecule has 0 radical (unpaired) electrons. The molecule has 25 heavy (non-hydrogen) atoms. The number of methoxy groups -OCH3 is 1. The Kier molecular flexibility index (Phi) is 5.30. The molecule has 1 aromatic carbocycles. The van der Waals surface area contributed by atoms with Gasteiger partial charge in [-0.3, -0.25) is 0 Å². The molecular weight excluding hydrogens is 340 g/mol. The largest absolute Gasteiger partial charge is 0.497 e. The summed E-state index contributed by atoms with van der Waals surface area (Å²) in [5.74, 6) is 1.77. The van der Waals surface area contributed by atoms with Crippen LogP contribution in [0.1, 0.15) is 11.4 Å². The van der Waals surface area contributed by atoms with E-state index in [1.54, 1.807) is 14.0 Å². The van der Waals surface area contributed by atoms with Crippen molar-refractivity contribution in [2.45, 2.75) is 13.3 Å². The van der Waals surface area contributed by atoms with Gasteiger partial charge in [-0.25, -0.2) is 4.79 Å². The highest BCUT2D eigenvalue weighted by molar-refractivity contribution is 7.14. The minimum atomic E-state index is -0.274. The number of thiophene rings is 1. The number of anilines is 1. The third kappa shape index (κ3) is 4.36. The summed E-state index contributed by atoms with van der Waals surface area (Å²) in [4.78, 5) is 17.0. The highest BCUT2D eigenvalue weighted by Gasteiger charge is 2.15. The molecule has 2 aromatic heterocycles. The Hall–Kier alpha value is -2.87. The van der Waals surface area contributed by atoms with Gasteiger partial charge in [-0.2, -0.15) is 4.98 Å². The van der Waals surface area contributed by atoms with E-state index < -0.39 is 0 Å². The Balaban J connectivity index is 1.52. The highest BCUT2D eigenvalue weighted by Crippen LogP contribution is 2.32. The fourth-order valence-electron chi connectivity index (χ4n) is 2.24. The number of rotatable bonds is 6.